The lowest BCUT2D eigenvalue weighted by atomic mass is 10.1. The fraction of sp³-hybridized carbons (Fsp3) is 0.533. The summed E-state index contributed by atoms with van der Waals surface area (Å²) >= 11 is 0.944. The van der Waals surface area contributed by atoms with Crippen molar-refractivity contribution in [2.45, 2.75) is 45.2 Å². The number of thiazole rings is 1. The molecule has 3 rings (SSSR count). The number of halogens is 3. The predicted molar refractivity (Wildman–Crippen MR) is 81.5 cm³/mol. The molecule has 0 bridgehead atoms. The molecular formula is C15H16F3N3O2S. The smallest absolute Gasteiger partial charge is 0.433 e. The van der Waals surface area contributed by atoms with Crippen LogP contribution in [-0.2, 0) is 23.8 Å². The van der Waals surface area contributed by atoms with Crippen molar-refractivity contribution < 1.29 is 22.7 Å². The van der Waals surface area contributed by atoms with Gasteiger partial charge in [0.15, 0.2) is 11.4 Å². The van der Waals surface area contributed by atoms with Gasteiger partial charge < -0.3 is 4.74 Å². The summed E-state index contributed by atoms with van der Waals surface area (Å²) in [5, 5.41) is 5.57. The van der Waals surface area contributed by atoms with Crippen molar-refractivity contribution in [3.63, 3.8) is 0 Å². The minimum absolute atomic E-state index is 0.00401. The van der Waals surface area contributed by atoms with Crippen LogP contribution in [0.25, 0.3) is 5.13 Å². The van der Waals surface area contributed by atoms with Gasteiger partial charge in [0, 0.05) is 10.9 Å². The van der Waals surface area contributed by atoms with E-state index in [9.17, 15) is 18.0 Å². The topological polar surface area (TPSA) is 57.0 Å². The molecule has 0 fully saturated rings. The number of nitrogens with zero attached hydrogens (tertiary/aromatic N) is 3. The molecule has 0 saturated carbocycles. The number of aryl methyl sites for hydroxylation is 1. The second-order valence-electron chi connectivity index (χ2n) is 5.48. The van der Waals surface area contributed by atoms with Gasteiger partial charge in [0.25, 0.3) is 0 Å². The molecule has 1 aliphatic carbocycles. The van der Waals surface area contributed by atoms with Crippen LogP contribution in [0.2, 0.25) is 0 Å². The van der Waals surface area contributed by atoms with Crippen LogP contribution in [0, 0.1) is 0 Å². The van der Waals surface area contributed by atoms with Crippen LogP contribution in [0.4, 0.5) is 13.2 Å². The number of esters is 1. The number of ether oxygens (including phenoxy) is 1. The Kier molecular flexibility index (Phi) is 4.62. The van der Waals surface area contributed by atoms with Crippen molar-refractivity contribution in [3.05, 3.63) is 28.0 Å². The predicted octanol–water partition coefficient (Wildman–Crippen LogP) is 3.79. The first-order valence-corrected chi connectivity index (χ1v) is 8.60. The van der Waals surface area contributed by atoms with Gasteiger partial charge in [0.2, 0.25) is 5.13 Å². The highest BCUT2D eigenvalue weighted by atomic mass is 32.1. The molecule has 9 heteroatoms. The molecule has 0 saturated heterocycles. The number of rotatable bonds is 3. The highest BCUT2D eigenvalue weighted by Gasteiger charge is 2.41. The maximum atomic E-state index is 13.6. The van der Waals surface area contributed by atoms with E-state index in [0.29, 0.717) is 25.0 Å². The zero-order valence-electron chi connectivity index (χ0n) is 13.0. The molecule has 2 heterocycles. The molecule has 130 valence electrons. The number of alkyl halides is 3. The average Bonchev–Trinajstić information content (AvgIpc) is 3.07. The van der Waals surface area contributed by atoms with Gasteiger partial charge in [-0.1, -0.05) is 6.42 Å². The summed E-state index contributed by atoms with van der Waals surface area (Å²) in [4.78, 5) is 15.7. The third-order valence-electron chi connectivity index (χ3n) is 3.83. The lowest BCUT2D eigenvalue weighted by Gasteiger charge is -2.10. The van der Waals surface area contributed by atoms with Gasteiger partial charge in [0.05, 0.1) is 12.3 Å². The van der Waals surface area contributed by atoms with Crippen LogP contribution in [0.5, 0.6) is 0 Å². The van der Waals surface area contributed by atoms with Crippen LogP contribution >= 0.6 is 11.3 Å². The first-order valence-electron chi connectivity index (χ1n) is 7.72. The van der Waals surface area contributed by atoms with E-state index in [1.807, 2.05) is 0 Å². The number of hydrogen-bond acceptors (Lipinski definition) is 5. The van der Waals surface area contributed by atoms with E-state index in [1.54, 1.807) is 6.92 Å². The molecule has 5 nitrogen and oxygen atoms in total. The molecule has 24 heavy (non-hydrogen) atoms. The highest BCUT2D eigenvalue weighted by Crippen LogP contribution is 2.37. The van der Waals surface area contributed by atoms with E-state index in [4.69, 9.17) is 4.74 Å². The Morgan fingerprint density at radius 1 is 1.33 bits per heavy atom. The van der Waals surface area contributed by atoms with Crippen LogP contribution in [0.3, 0.4) is 0 Å². The molecule has 0 amide bonds. The van der Waals surface area contributed by atoms with Crippen LogP contribution in [0.15, 0.2) is 5.38 Å². The molecule has 0 unspecified atom stereocenters. The first-order chi connectivity index (χ1) is 11.4. The first kappa shape index (κ1) is 16.9. The summed E-state index contributed by atoms with van der Waals surface area (Å²) in [6.07, 6.45) is -1.19. The summed E-state index contributed by atoms with van der Waals surface area (Å²) < 4.78 is 46.5. The Balaban J connectivity index is 2.06. The number of hydrogen-bond donors (Lipinski definition) is 0. The lowest BCUT2D eigenvalue weighted by Crippen LogP contribution is -2.16. The SMILES string of the molecule is CCOC(=O)c1csc(-n2nc3c(c2C(F)(F)F)CCCCC3)n1. The molecule has 0 radical (unpaired) electrons. The van der Waals surface area contributed by atoms with Gasteiger partial charge >= 0.3 is 12.1 Å². The molecule has 0 aliphatic heterocycles. The maximum Gasteiger partial charge on any atom is 0.433 e. The highest BCUT2D eigenvalue weighted by molar-refractivity contribution is 7.12. The van der Waals surface area contributed by atoms with E-state index in [-0.39, 0.29) is 23.0 Å². The van der Waals surface area contributed by atoms with Crippen LogP contribution in [0.1, 0.15) is 53.6 Å². The molecule has 0 spiro atoms. The quantitative estimate of drug-likeness (QED) is 0.618. The van der Waals surface area contributed by atoms with Gasteiger partial charge in [-0.25, -0.2) is 14.5 Å². The third kappa shape index (κ3) is 3.17. The normalized spacial score (nSPS) is 15.0. The molecule has 2 aromatic heterocycles. The van der Waals surface area contributed by atoms with E-state index in [0.717, 1.165) is 28.9 Å². The fourth-order valence-electron chi connectivity index (χ4n) is 2.82. The molecule has 1 aliphatic rings. The minimum Gasteiger partial charge on any atom is -0.461 e. The third-order valence-corrected chi connectivity index (χ3v) is 4.65. The zero-order valence-corrected chi connectivity index (χ0v) is 13.8. The van der Waals surface area contributed by atoms with E-state index < -0.39 is 17.8 Å². The van der Waals surface area contributed by atoms with Crippen LogP contribution < -0.4 is 0 Å². The minimum atomic E-state index is -4.53. The molecule has 0 N–H and O–H groups in total. The number of carbonyl (C=O) groups is 1. The van der Waals surface area contributed by atoms with E-state index >= 15 is 0 Å². The monoisotopic (exact) mass is 359 g/mol. The number of carbonyl (C=O) groups excluding carboxylic acids is 1. The lowest BCUT2D eigenvalue weighted by molar-refractivity contribution is -0.143. The van der Waals surface area contributed by atoms with Gasteiger partial charge in [0.1, 0.15) is 0 Å². The average molecular weight is 359 g/mol. The van der Waals surface area contributed by atoms with Crippen molar-refractivity contribution in [2.24, 2.45) is 0 Å². The van der Waals surface area contributed by atoms with E-state index in [2.05, 4.69) is 10.1 Å². The van der Waals surface area contributed by atoms with Crippen LogP contribution in [-0.4, -0.2) is 27.3 Å². The molecular weight excluding hydrogens is 343 g/mol. The Hall–Kier alpha value is -1.90. The van der Waals surface area contributed by atoms with Crippen molar-refractivity contribution in [1.82, 2.24) is 14.8 Å². The zero-order chi connectivity index (χ0) is 17.3. The summed E-state index contributed by atoms with van der Waals surface area (Å²) in [5.74, 6) is -0.651. The Labute approximate surface area is 140 Å². The van der Waals surface area contributed by atoms with Gasteiger partial charge in [-0.15, -0.1) is 11.3 Å². The summed E-state index contributed by atoms with van der Waals surface area (Å²) in [5.41, 5.74) is -0.0413. The standard InChI is InChI=1S/C15H16F3N3O2S/c1-2-23-13(22)11-8-24-14(19-11)21-12(15(16,17)18)9-6-4-3-5-7-10(9)20-21/h8H,2-7H2,1H3. The largest absolute Gasteiger partial charge is 0.461 e. The second kappa shape index (κ2) is 6.54. The summed E-state index contributed by atoms with van der Waals surface area (Å²) in [6, 6.07) is 0. The summed E-state index contributed by atoms with van der Waals surface area (Å²) in [6.45, 7) is 1.83. The molecule has 0 atom stereocenters. The fourth-order valence-corrected chi connectivity index (χ4v) is 3.57. The van der Waals surface area contributed by atoms with Gasteiger partial charge in [-0.05, 0) is 32.6 Å². The molecule has 0 aromatic carbocycles. The van der Waals surface area contributed by atoms with Crippen molar-refractivity contribution >= 4 is 17.3 Å². The Morgan fingerprint density at radius 3 is 2.79 bits per heavy atom. The van der Waals surface area contributed by atoms with Crippen molar-refractivity contribution in [3.8, 4) is 5.13 Å². The van der Waals surface area contributed by atoms with Crippen molar-refractivity contribution in [2.75, 3.05) is 6.61 Å². The Bertz CT molecular complexity index is 752. The summed E-state index contributed by atoms with van der Waals surface area (Å²) in [7, 11) is 0. The maximum absolute atomic E-state index is 13.6. The van der Waals surface area contributed by atoms with Gasteiger partial charge in [-0.3, -0.25) is 0 Å². The molecule has 2 aromatic rings. The van der Waals surface area contributed by atoms with Gasteiger partial charge in [-0.2, -0.15) is 18.3 Å². The Morgan fingerprint density at radius 2 is 2.08 bits per heavy atom. The number of fused-ring (bicyclic) bond motifs is 1. The van der Waals surface area contributed by atoms with E-state index in [1.165, 1.54) is 5.38 Å². The van der Waals surface area contributed by atoms with Crippen molar-refractivity contribution in [1.29, 1.82) is 0 Å². The second-order valence-corrected chi connectivity index (χ2v) is 6.32. The number of aromatic nitrogens is 3.